The van der Waals surface area contributed by atoms with Gasteiger partial charge in [0.2, 0.25) is 5.95 Å². The van der Waals surface area contributed by atoms with Crippen molar-refractivity contribution in [1.29, 1.82) is 0 Å². The van der Waals surface area contributed by atoms with Crippen LogP contribution in [0.2, 0.25) is 0 Å². The first-order chi connectivity index (χ1) is 10.2. The second-order valence-corrected chi connectivity index (χ2v) is 3.81. The van der Waals surface area contributed by atoms with E-state index in [2.05, 4.69) is 20.4 Å². The molecule has 0 aliphatic rings. The molecule has 112 valence electrons. The fourth-order valence-corrected chi connectivity index (χ4v) is 1.54. The highest BCUT2D eigenvalue weighted by Gasteiger charge is 2.09. The van der Waals surface area contributed by atoms with Crippen molar-refractivity contribution < 1.29 is 14.2 Å². The van der Waals surface area contributed by atoms with E-state index in [4.69, 9.17) is 20.1 Å². The van der Waals surface area contributed by atoms with Gasteiger partial charge in [-0.3, -0.25) is 5.43 Å². The molecule has 0 saturated carbocycles. The SMILES string of the molecule is CCOc1cccc(Oc2nc(NN)nc(OCC)n2)c1. The van der Waals surface area contributed by atoms with Crippen molar-refractivity contribution in [1.82, 2.24) is 15.0 Å². The van der Waals surface area contributed by atoms with Gasteiger partial charge in [0.15, 0.2) is 0 Å². The summed E-state index contributed by atoms with van der Waals surface area (Å²) in [5.74, 6) is 6.70. The Bertz CT molecular complexity index is 594. The smallest absolute Gasteiger partial charge is 0.330 e. The number of aromatic nitrogens is 3. The minimum Gasteiger partial charge on any atom is -0.494 e. The Morgan fingerprint density at radius 3 is 2.43 bits per heavy atom. The number of hydrogen-bond acceptors (Lipinski definition) is 8. The third-order valence-electron chi connectivity index (χ3n) is 2.32. The molecule has 8 heteroatoms. The quantitative estimate of drug-likeness (QED) is 0.587. The first-order valence-corrected chi connectivity index (χ1v) is 6.51. The van der Waals surface area contributed by atoms with Crippen LogP contribution < -0.4 is 25.5 Å². The number of hydrogen-bond donors (Lipinski definition) is 2. The van der Waals surface area contributed by atoms with E-state index >= 15 is 0 Å². The number of nitrogens with zero attached hydrogens (tertiary/aromatic N) is 3. The van der Waals surface area contributed by atoms with Crippen molar-refractivity contribution >= 4 is 5.95 Å². The van der Waals surface area contributed by atoms with Crippen molar-refractivity contribution in [3.05, 3.63) is 24.3 Å². The van der Waals surface area contributed by atoms with Gasteiger partial charge in [-0.15, -0.1) is 4.98 Å². The Kier molecular flexibility index (Phi) is 5.10. The number of nitrogen functional groups attached to an aromatic ring is 1. The number of rotatable bonds is 7. The molecule has 0 spiro atoms. The summed E-state index contributed by atoms with van der Waals surface area (Å²) >= 11 is 0. The van der Waals surface area contributed by atoms with Gasteiger partial charge >= 0.3 is 12.0 Å². The molecule has 0 atom stereocenters. The maximum Gasteiger partial charge on any atom is 0.330 e. The van der Waals surface area contributed by atoms with Crippen molar-refractivity contribution in [2.24, 2.45) is 5.84 Å². The van der Waals surface area contributed by atoms with Crippen LogP contribution >= 0.6 is 0 Å². The Labute approximate surface area is 122 Å². The van der Waals surface area contributed by atoms with E-state index in [-0.39, 0.29) is 18.0 Å². The van der Waals surface area contributed by atoms with Crippen molar-refractivity contribution in [2.45, 2.75) is 13.8 Å². The monoisotopic (exact) mass is 291 g/mol. The zero-order chi connectivity index (χ0) is 15.1. The molecule has 0 radical (unpaired) electrons. The predicted molar refractivity (Wildman–Crippen MR) is 76.5 cm³/mol. The summed E-state index contributed by atoms with van der Waals surface area (Å²) in [5.41, 5.74) is 2.34. The van der Waals surface area contributed by atoms with Gasteiger partial charge in [-0.05, 0) is 26.0 Å². The van der Waals surface area contributed by atoms with Crippen LogP contribution in [0.4, 0.5) is 5.95 Å². The molecule has 3 N–H and O–H groups in total. The first kappa shape index (κ1) is 14.8. The number of nitrogens with two attached hydrogens (primary N) is 1. The van der Waals surface area contributed by atoms with Crippen LogP contribution in [-0.2, 0) is 0 Å². The van der Waals surface area contributed by atoms with Gasteiger partial charge in [0.1, 0.15) is 11.5 Å². The van der Waals surface area contributed by atoms with Gasteiger partial charge in [0.25, 0.3) is 0 Å². The Hall–Kier alpha value is -2.61. The molecule has 0 aliphatic carbocycles. The van der Waals surface area contributed by atoms with Gasteiger partial charge < -0.3 is 14.2 Å². The normalized spacial score (nSPS) is 10.0. The van der Waals surface area contributed by atoms with Crippen LogP contribution in [0, 0.1) is 0 Å². The zero-order valence-corrected chi connectivity index (χ0v) is 11.9. The number of hydrazine groups is 1. The summed E-state index contributed by atoms with van der Waals surface area (Å²) in [6, 6.07) is 7.37. The first-order valence-electron chi connectivity index (χ1n) is 6.51. The van der Waals surface area contributed by atoms with Crippen LogP contribution in [0.3, 0.4) is 0 Å². The molecule has 0 bridgehead atoms. The second-order valence-electron chi connectivity index (χ2n) is 3.81. The molecule has 0 fully saturated rings. The Morgan fingerprint density at radius 2 is 1.71 bits per heavy atom. The highest BCUT2D eigenvalue weighted by Crippen LogP contribution is 2.24. The highest BCUT2D eigenvalue weighted by molar-refractivity contribution is 5.35. The molecule has 21 heavy (non-hydrogen) atoms. The summed E-state index contributed by atoms with van der Waals surface area (Å²) in [7, 11) is 0. The maximum atomic E-state index is 5.58. The summed E-state index contributed by atoms with van der Waals surface area (Å²) < 4.78 is 16.2. The molecule has 0 unspecified atom stereocenters. The molecule has 0 amide bonds. The molecule has 2 rings (SSSR count). The molecule has 0 aliphatic heterocycles. The van der Waals surface area contributed by atoms with E-state index < -0.39 is 0 Å². The van der Waals surface area contributed by atoms with Crippen LogP contribution in [-0.4, -0.2) is 28.2 Å². The lowest BCUT2D eigenvalue weighted by Crippen LogP contribution is -2.12. The maximum absolute atomic E-state index is 5.58. The van der Waals surface area contributed by atoms with Crippen LogP contribution in [0.25, 0.3) is 0 Å². The molecule has 1 heterocycles. The standard InChI is InChI=1S/C13H17N5O3/c1-3-19-9-6-5-7-10(8-9)21-13-16-11(18-14)15-12(17-13)20-4-2/h5-8H,3-4,14H2,1-2H3,(H,15,16,17,18). The van der Waals surface area contributed by atoms with Gasteiger partial charge in [0, 0.05) is 6.07 Å². The largest absolute Gasteiger partial charge is 0.494 e. The van der Waals surface area contributed by atoms with Crippen LogP contribution in [0.15, 0.2) is 24.3 Å². The fourth-order valence-electron chi connectivity index (χ4n) is 1.54. The van der Waals surface area contributed by atoms with E-state index in [0.29, 0.717) is 24.7 Å². The molecular formula is C13H17N5O3. The molecule has 2 aromatic rings. The third-order valence-corrected chi connectivity index (χ3v) is 2.32. The molecule has 8 nitrogen and oxygen atoms in total. The molecule has 1 aromatic heterocycles. The minimum atomic E-state index is 0.0787. The third kappa shape index (κ3) is 4.18. The number of ether oxygens (including phenoxy) is 3. The molecule has 1 aromatic carbocycles. The Balaban J connectivity index is 2.21. The van der Waals surface area contributed by atoms with E-state index in [1.165, 1.54) is 0 Å². The lowest BCUT2D eigenvalue weighted by Gasteiger charge is -2.09. The van der Waals surface area contributed by atoms with Crippen molar-refractivity contribution in [3.63, 3.8) is 0 Å². The molecule has 0 saturated heterocycles. The second kappa shape index (κ2) is 7.25. The lowest BCUT2D eigenvalue weighted by molar-refractivity contribution is 0.303. The van der Waals surface area contributed by atoms with Crippen molar-refractivity contribution in [2.75, 3.05) is 18.6 Å². The summed E-state index contributed by atoms with van der Waals surface area (Å²) in [6.45, 7) is 4.73. The van der Waals surface area contributed by atoms with E-state index in [1.54, 1.807) is 12.1 Å². The Morgan fingerprint density at radius 1 is 1.00 bits per heavy atom. The van der Waals surface area contributed by atoms with Gasteiger partial charge in [-0.25, -0.2) is 5.84 Å². The predicted octanol–water partition coefficient (Wildman–Crippen LogP) is 1.75. The van der Waals surface area contributed by atoms with Crippen LogP contribution in [0.5, 0.6) is 23.5 Å². The highest BCUT2D eigenvalue weighted by atomic mass is 16.5. The molecular weight excluding hydrogens is 274 g/mol. The number of benzene rings is 1. The summed E-state index contributed by atoms with van der Waals surface area (Å²) in [5, 5.41) is 0. The zero-order valence-electron chi connectivity index (χ0n) is 11.9. The minimum absolute atomic E-state index is 0.0787. The number of nitrogens with one attached hydrogen (secondary N) is 1. The fraction of sp³-hybridized carbons (Fsp3) is 0.308. The number of anilines is 1. The summed E-state index contributed by atoms with van der Waals surface area (Å²) in [6.07, 6.45) is 0. The van der Waals surface area contributed by atoms with Crippen molar-refractivity contribution in [3.8, 4) is 23.5 Å². The average Bonchev–Trinajstić information content (AvgIpc) is 2.48. The summed E-state index contributed by atoms with van der Waals surface area (Å²) in [4.78, 5) is 12.0. The van der Waals surface area contributed by atoms with Crippen LogP contribution in [0.1, 0.15) is 13.8 Å². The van der Waals surface area contributed by atoms with Gasteiger partial charge in [0.05, 0.1) is 13.2 Å². The average molecular weight is 291 g/mol. The van der Waals surface area contributed by atoms with E-state index in [9.17, 15) is 0 Å². The van der Waals surface area contributed by atoms with Gasteiger partial charge in [-0.2, -0.15) is 9.97 Å². The lowest BCUT2D eigenvalue weighted by atomic mass is 10.3. The van der Waals surface area contributed by atoms with E-state index in [1.807, 2.05) is 26.0 Å². The van der Waals surface area contributed by atoms with Gasteiger partial charge in [-0.1, -0.05) is 6.07 Å². The van der Waals surface area contributed by atoms with E-state index in [0.717, 1.165) is 0 Å². The topological polar surface area (TPSA) is 104 Å².